The van der Waals surface area contributed by atoms with Crippen molar-refractivity contribution in [3.05, 3.63) is 90.0 Å². The normalized spacial score (nSPS) is 11.4. The molecule has 0 aliphatic carbocycles. The van der Waals surface area contributed by atoms with Crippen molar-refractivity contribution in [1.29, 1.82) is 0 Å². The van der Waals surface area contributed by atoms with Gasteiger partial charge in [0.05, 0.1) is 46.2 Å². The number of amides is 2. The second-order valence-corrected chi connectivity index (χ2v) is 8.00. The number of carbonyl (C=O) groups excluding carboxylic acids is 1. The van der Waals surface area contributed by atoms with Crippen molar-refractivity contribution in [2.75, 3.05) is 10.6 Å². The van der Waals surface area contributed by atoms with E-state index in [2.05, 4.69) is 30.7 Å². The minimum absolute atomic E-state index is 0.0104. The fourth-order valence-corrected chi connectivity index (χ4v) is 3.56. The van der Waals surface area contributed by atoms with Crippen LogP contribution in [0.4, 0.5) is 29.3 Å². The number of halogens is 4. The van der Waals surface area contributed by atoms with Crippen molar-refractivity contribution in [2.24, 2.45) is 0 Å². The Kier molecular flexibility index (Phi) is 6.32. The molecule has 186 valence electrons. The first-order valence-electron chi connectivity index (χ1n) is 10.6. The van der Waals surface area contributed by atoms with Crippen molar-refractivity contribution in [1.82, 2.24) is 24.6 Å². The zero-order valence-corrected chi connectivity index (χ0v) is 19.3. The number of rotatable bonds is 5. The molecule has 2 N–H and O–H groups in total. The Bertz CT molecular complexity index is 1570. The Labute approximate surface area is 211 Å². The third-order valence-corrected chi connectivity index (χ3v) is 5.38. The third kappa shape index (κ3) is 5.43. The second kappa shape index (κ2) is 9.74. The van der Waals surface area contributed by atoms with Crippen molar-refractivity contribution in [3.63, 3.8) is 0 Å². The molecule has 5 aromatic rings. The van der Waals surface area contributed by atoms with Gasteiger partial charge >= 0.3 is 18.2 Å². The lowest BCUT2D eigenvalue weighted by molar-refractivity contribution is -0.137. The Morgan fingerprint density at radius 3 is 2.41 bits per heavy atom. The molecular weight excluding hydrogens is 511 g/mol. The van der Waals surface area contributed by atoms with Gasteiger partial charge in [-0.25, -0.2) is 24.3 Å². The molecule has 3 aromatic heterocycles. The van der Waals surface area contributed by atoms with Crippen LogP contribution in [-0.2, 0) is 6.18 Å². The number of aromatic nitrogens is 5. The van der Waals surface area contributed by atoms with E-state index in [1.807, 2.05) is 24.3 Å². The summed E-state index contributed by atoms with van der Waals surface area (Å²) in [5, 5.41) is 8.88. The zero-order chi connectivity index (χ0) is 26.0. The summed E-state index contributed by atoms with van der Waals surface area (Å²) in [6.45, 7) is 0. The summed E-state index contributed by atoms with van der Waals surface area (Å²) in [4.78, 5) is 24.6. The number of hydrogen-bond acceptors (Lipinski definition) is 6. The second-order valence-electron chi connectivity index (χ2n) is 7.59. The first kappa shape index (κ1) is 24.0. The molecule has 0 saturated carbocycles. The minimum Gasteiger partial charge on any atom is -0.424 e. The number of imidazole rings is 1. The summed E-state index contributed by atoms with van der Waals surface area (Å²) >= 11 is 5.85. The predicted molar refractivity (Wildman–Crippen MR) is 130 cm³/mol. The SMILES string of the molecule is O=C(Nc1cnc(Oc2ccc(-c3cnc4cccnn34)cc2)nc1)Nc1ccc(C(F)(F)F)cc1Cl. The van der Waals surface area contributed by atoms with Gasteiger partial charge in [-0.05, 0) is 54.6 Å². The number of ether oxygens (including phenoxy) is 1. The molecule has 0 saturated heterocycles. The van der Waals surface area contributed by atoms with Crippen LogP contribution in [0.1, 0.15) is 5.56 Å². The van der Waals surface area contributed by atoms with Crippen LogP contribution in [0.2, 0.25) is 5.02 Å². The fourth-order valence-electron chi connectivity index (χ4n) is 3.34. The maximum atomic E-state index is 12.8. The lowest BCUT2D eigenvalue weighted by atomic mass is 10.1. The summed E-state index contributed by atoms with van der Waals surface area (Å²) in [7, 11) is 0. The largest absolute Gasteiger partial charge is 0.424 e. The first-order valence-corrected chi connectivity index (χ1v) is 11.0. The lowest BCUT2D eigenvalue weighted by Crippen LogP contribution is -2.20. The quantitative estimate of drug-likeness (QED) is 0.279. The average molecular weight is 526 g/mol. The van der Waals surface area contributed by atoms with E-state index in [9.17, 15) is 18.0 Å². The van der Waals surface area contributed by atoms with E-state index in [0.717, 1.165) is 35.1 Å². The van der Waals surface area contributed by atoms with Crippen LogP contribution in [0.15, 0.2) is 79.4 Å². The molecule has 2 amide bonds. The number of urea groups is 1. The lowest BCUT2D eigenvalue weighted by Gasteiger charge is -2.12. The van der Waals surface area contributed by atoms with Gasteiger partial charge in [0.2, 0.25) is 0 Å². The highest BCUT2D eigenvalue weighted by Gasteiger charge is 2.31. The van der Waals surface area contributed by atoms with Crippen LogP contribution in [0.5, 0.6) is 11.8 Å². The minimum atomic E-state index is -4.54. The molecule has 2 aromatic carbocycles. The summed E-state index contributed by atoms with van der Waals surface area (Å²) in [6, 6.07) is 12.8. The van der Waals surface area contributed by atoms with Gasteiger partial charge in [-0.2, -0.15) is 18.3 Å². The molecule has 0 atom stereocenters. The molecule has 9 nitrogen and oxygen atoms in total. The molecule has 0 aliphatic rings. The van der Waals surface area contributed by atoms with Crippen LogP contribution < -0.4 is 15.4 Å². The molecule has 0 unspecified atom stereocenters. The van der Waals surface area contributed by atoms with Crippen molar-refractivity contribution < 1.29 is 22.7 Å². The summed E-state index contributed by atoms with van der Waals surface area (Å²) in [5.74, 6) is 0.487. The van der Waals surface area contributed by atoms with Gasteiger partial charge in [-0.1, -0.05) is 11.6 Å². The third-order valence-electron chi connectivity index (χ3n) is 5.07. The summed E-state index contributed by atoms with van der Waals surface area (Å²) < 4.78 is 45.7. The molecule has 0 radical (unpaired) electrons. The highest BCUT2D eigenvalue weighted by Crippen LogP contribution is 2.34. The van der Waals surface area contributed by atoms with Gasteiger partial charge in [-0.3, -0.25) is 0 Å². The molecular formula is C24H15ClF3N7O2. The standard InChI is InChI=1S/C24H15ClF3N7O2/c25-18-10-15(24(26,27)28)5-8-19(18)34-22(36)33-16-11-30-23(31-12-16)37-17-6-3-14(4-7-17)20-13-29-21-2-1-9-32-35(20)21/h1-13H,(H2,33,34,36). The molecule has 13 heteroatoms. The Morgan fingerprint density at radius 1 is 0.946 bits per heavy atom. The number of fused-ring (bicyclic) bond motifs is 1. The van der Waals surface area contributed by atoms with E-state index >= 15 is 0 Å². The van der Waals surface area contributed by atoms with E-state index in [-0.39, 0.29) is 22.4 Å². The van der Waals surface area contributed by atoms with Crippen molar-refractivity contribution in [3.8, 4) is 23.0 Å². The number of carbonyl (C=O) groups is 1. The number of benzene rings is 2. The maximum absolute atomic E-state index is 12.8. The van der Waals surface area contributed by atoms with Crippen LogP contribution in [0.3, 0.4) is 0 Å². The van der Waals surface area contributed by atoms with Gasteiger partial charge in [-0.15, -0.1) is 0 Å². The smallest absolute Gasteiger partial charge is 0.416 e. The summed E-state index contributed by atoms with van der Waals surface area (Å²) in [5.41, 5.74) is 1.76. The average Bonchev–Trinajstić information content (AvgIpc) is 3.30. The number of nitrogens with zero attached hydrogens (tertiary/aromatic N) is 5. The number of nitrogens with one attached hydrogen (secondary N) is 2. The Morgan fingerprint density at radius 2 is 1.70 bits per heavy atom. The molecule has 0 bridgehead atoms. The van der Waals surface area contributed by atoms with Crippen LogP contribution in [-0.4, -0.2) is 30.6 Å². The Balaban J connectivity index is 1.19. The van der Waals surface area contributed by atoms with E-state index in [1.54, 1.807) is 29.0 Å². The van der Waals surface area contributed by atoms with E-state index < -0.39 is 17.8 Å². The number of alkyl halides is 3. The summed E-state index contributed by atoms with van der Waals surface area (Å²) in [6.07, 6.45) is 1.50. The van der Waals surface area contributed by atoms with Gasteiger partial charge in [0, 0.05) is 11.8 Å². The molecule has 0 fully saturated rings. The predicted octanol–water partition coefficient (Wildman–Crippen LogP) is 6.29. The van der Waals surface area contributed by atoms with Gasteiger partial charge in [0.1, 0.15) is 5.75 Å². The number of hydrogen-bond donors (Lipinski definition) is 2. The zero-order valence-electron chi connectivity index (χ0n) is 18.6. The highest BCUT2D eigenvalue weighted by molar-refractivity contribution is 6.33. The molecule has 0 spiro atoms. The molecule has 5 rings (SSSR count). The fraction of sp³-hybridized carbons (Fsp3) is 0.0417. The van der Waals surface area contributed by atoms with Crippen LogP contribution in [0, 0.1) is 0 Å². The van der Waals surface area contributed by atoms with Gasteiger partial charge in [0.25, 0.3) is 0 Å². The van der Waals surface area contributed by atoms with Crippen LogP contribution >= 0.6 is 11.6 Å². The Hall–Kier alpha value is -4.71. The van der Waals surface area contributed by atoms with E-state index in [1.165, 1.54) is 12.4 Å². The van der Waals surface area contributed by atoms with E-state index in [0.29, 0.717) is 5.75 Å². The number of anilines is 2. The van der Waals surface area contributed by atoms with Gasteiger partial charge in [0.15, 0.2) is 5.65 Å². The highest BCUT2D eigenvalue weighted by atomic mass is 35.5. The maximum Gasteiger partial charge on any atom is 0.416 e. The van der Waals surface area contributed by atoms with Gasteiger partial charge < -0.3 is 15.4 Å². The van der Waals surface area contributed by atoms with Crippen molar-refractivity contribution in [2.45, 2.75) is 6.18 Å². The molecule has 3 heterocycles. The molecule has 37 heavy (non-hydrogen) atoms. The first-order chi connectivity index (χ1) is 17.8. The molecule has 0 aliphatic heterocycles. The van der Waals surface area contributed by atoms with Crippen molar-refractivity contribution >= 4 is 34.7 Å². The monoisotopic (exact) mass is 525 g/mol. The topological polar surface area (TPSA) is 106 Å². The van der Waals surface area contributed by atoms with E-state index in [4.69, 9.17) is 16.3 Å². The van der Waals surface area contributed by atoms with Crippen LogP contribution in [0.25, 0.3) is 16.9 Å².